The van der Waals surface area contributed by atoms with Gasteiger partial charge >= 0.3 is 0 Å². The maximum Gasteiger partial charge on any atom is 0.224 e. The monoisotopic (exact) mass is 346 g/mol. The fourth-order valence-corrected chi connectivity index (χ4v) is 2.83. The van der Waals surface area contributed by atoms with Crippen LogP contribution in [-0.2, 0) is 17.6 Å². The number of halogens is 1. The number of carbonyl (C=O) groups is 1. The summed E-state index contributed by atoms with van der Waals surface area (Å²) in [5.74, 6) is 1.24. The third-order valence-corrected chi connectivity index (χ3v) is 4.02. The zero-order chi connectivity index (χ0) is 16.9. The van der Waals surface area contributed by atoms with Gasteiger partial charge in [-0.2, -0.15) is 0 Å². The maximum absolute atomic E-state index is 12.0. The van der Waals surface area contributed by atoms with Crippen molar-refractivity contribution in [2.75, 3.05) is 25.5 Å². The van der Waals surface area contributed by atoms with Gasteiger partial charge in [-0.25, -0.2) is 0 Å². The van der Waals surface area contributed by atoms with Crippen molar-refractivity contribution in [3.05, 3.63) is 52.5 Å². The number of nitrogens with one attached hydrogen (secondary N) is 1. The van der Waals surface area contributed by atoms with Gasteiger partial charge < -0.3 is 20.5 Å². The predicted molar refractivity (Wildman–Crippen MR) is 93.7 cm³/mol. The molecule has 3 rings (SSSR count). The largest absolute Gasteiger partial charge is 0.486 e. The van der Waals surface area contributed by atoms with Gasteiger partial charge in [0.25, 0.3) is 0 Å². The van der Waals surface area contributed by atoms with Crippen molar-refractivity contribution in [3.63, 3.8) is 0 Å². The number of hydrogen-bond donors (Lipinski definition) is 2. The summed E-state index contributed by atoms with van der Waals surface area (Å²) in [7, 11) is 0. The molecular formula is C18H19ClN2O3. The van der Waals surface area contributed by atoms with Crippen LogP contribution < -0.4 is 20.5 Å². The smallest absolute Gasteiger partial charge is 0.224 e. The van der Waals surface area contributed by atoms with Crippen molar-refractivity contribution in [2.45, 2.75) is 12.8 Å². The highest BCUT2D eigenvalue weighted by atomic mass is 35.5. The number of anilines is 1. The Balaban J connectivity index is 1.52. The number of nitrogen functional groups attached to an aromatic ring is 1. The molecule has 0 saturated carbocycles. The molecule has 0 unspecified atom stereocenters. The molecular weight excluding hydrogens is 328 g/mol. The van der Waals surface area contributed by atoms with Crippen LogP contribution in [0.1, 0.15) is 11.1 Å². The van der Waals surface area contributed by atoms with Crippen LogP contribution >= 0.6 is 11.6 Å². The Hall–Kier alpha value is -2.40. The van der Waals surface area contributed by atoms with E-state index in [9.17, 15) is 4.79 Å². The number of fused-ring (bicyclic) bond motifs is 1. The minimum Gasteiger partial charge on any atom is -0.486 e. The molecule has 126 valence electrons. The Morgan fingerprint density at radius 1 is 1.12 bits per heavy atom. The van der Waals surface area contributed by atoms with Gasteiger partial charge in [-0.3, -0.25) is 4.79 Å². The average Bonchev–Trinajstić information content (AvgIpc) is 2.57. The third-order valence-electron chi connectivity index (χ3n) is 3.74. The lowest BCUT2D eigenvalue weighted by Gasteiger charge is -2.20. The van der Waals surface area contributed by atoms with E-state index in [-0.39, 0.29) is 5.91 Å². The lowest BCUT2D eigenvalue weighted by molar-refractivity contribution is -0.120. The quantitative estimate of drug-likeness (QED) is 0.816. The van der Waals surface area contributed by atoms with E-state index in [0.29, 0.717) is 54.8 Å². The molecule has 3 N–H and O–H groups in total. The zero-order valence-electron chi connectivity index (χ0n) is 13.2. The number of ether oxygens (including phenoxy) is 2. The highest BCUT2D eigenvalue weighted by molar-refractivity contribution is 6.32. The van der Waals surface area contributed by atoms with Crippen molar-refractivity contribution >= 4 is 23.2 Å². The first-order valence-electron chi connectivity index (χ1n) is 7.81. The summed E-state index contributed by atoms with van der Waals surface area (Å²) in [6.07, 6.45) is 1.01. The topological polar surface area (TPSA) is 73.6 Å². The summed E-state index contributed by atoms with van der Waals surface area (Å²) in [5.41, 5.74) is 8.25. The molecule has 2 aromatic carbocycles. The van der Waals surface area contributed by atoms with Crippen molar-refractivity contribution in [1.29, 1.82) is 0 Å². The van der Waals surface area contributed by atoms with Gasteiger partial charge in [0.15, 0.2) is 11.5 Å². The molecule has 1 heterocycles. The molecule has 1 aliphatic rings. The molecule has 0 radical (unpaired) electrons. The van der Waals surface area contributed by atoms with E-state index in [1.165, 1.54) is 0 Å². The molecule has 0 atom stereocenters. The van der Waals surface area contributed by atoms with Crippen LogP contribution in [0, 0.1) is 0 Å². The second-order valence-corrected chi connectivity index (χ2v) is 6.03. The van der Waals surface area contributed by atoms with E-state index in [2.05, 4.69) is 5.32 Å². The number of hydrogen-bond acceptors (Lipinski definition) is 4. The molecule has 0 saturated heterocycles. The number of amides is 1. The summed E-state index contributed by atoms with van der Waals surface area (Å²) in [6, 6.07) is 11.1. The first-order chi connectivity index (χ1) is 11.6. The van der Waals surface area contributed by atoms with E-state index in [4.69, 9.17) is 26.8 Å². The van der Waals surface area contributed by atoms with E-state index >= 15 is 0 Å². The van der Waals surface area contributed by atoms with Crippen LogP contribution in [0.2, 0.25) is 5.02 Å². The van der Waals surface area contributed by atoms with Crippen LogP contribution in [0.25, 0.3) is 0 Å². The summed E-state index contributed by atoms with van der Waals surface area (Å²) >= 11 is 6.21. The molecule has 6 heteroatoms. The molecule has 5 nitrogen and oxygen atoms in total. The molecule has 24 heavy (non-hydrogen) atoms. The number of nitrogens with two attached hydrogens (primary N) is 1. The van der Waals surface area contributed by atoms with Gasteiger partial charge in [0, 0.05) is 12.2 Å². The molecule has 0 fully saturated rings. The number of carbonyl (C=O) groups excluding carboxylic acids is 1. The van der Waals surface area contributed by atoms with E-state index in [1.54, 1.807) is 12.1 Å². The Morgan fingerprint density at radius 2 is 1.88 bits per heavy atom. The average molecular weight is 347 g/mol. The van der Waals surface area contributed by atoms with Crippen LogP contribution in [0.3, 0.4) is 0 Å². The van der Waals surface area contributed by atoms with Gasteiger partial charge in [0.05, 0.1) is 11.4 Å². The van der Waals surface area contributed by atoms with Crippen molar-refractivity contribution in [2.24, 2.45) is 0 Å². The maximum atomic E-state index is 12.0. The highest BCUT2D eigenvalue weighted by Crippen LogP contribution is 2.38. The van der Waals surface area contributed by atoms with Crippen molar-refractivity contribution in [3.8, 4) is 11.5 Å². The van der Waals surface area contributed by atoms with E-state index in [1.807, 2.05) is 24.3 Å². The fourth-order valence-electron chi connectivity index (χ4n) is 2.54. The Kier molecular flexibility index (Phi) is 5.11. The van der Waals surface area contributed by atoms with Crippen molar-refractivity contribution in [1.82, 2.24) is 5.32 Å². The first kappa shape index (κ1) is 16.5. The summed E-state index contributed by atoms with van der Waals surface area (Å²) in [5, 5.41) is 3.45. The van der Waals surface area contributed by atoms with Gasteiger partial charge in [-0.1, -0.05) is 23.7 Å². The molecule has 0 bridgehead atoms. The van der Waals surface area contributed by atoms with E-state index in [0.717, 1.165) is 11.1 Å². The minimum atomic E-state index is -0.0246. The minimum absolute atomic E-state index is 0.0246. The summed E-state index contributed by atoms with van der Waals surface area (Å²) < 4.78 is 11.0. The number of benzene rings is 2. The molecule has 0 spiro atoms. The SMILES string of the molecule is Nc1ccc(CC(=O)NCCc2cc(Cl)c3c(c2)OCCO3)cc1. The lowest BCUT2D eigenvalue weighted by atomic mass is 10.1. The van der Waals surface area contributed by atoms with Crippen LogP contribution in [0.4, 0.5) is 5.69 Å². The Bertz CT molecular complexity index is 732. The predicted octanol–water partition coefficient (Wildman–Crippen LogP) is 2.59. The normalized spacial score (nSPS) is 12.7. The summed E-state index contributed by atoms with van der Waals surface area (Å²) in [6.45, 7) is 1.56. The standard InChI is InChI=1S/C18H19ClN2O3/c19-15-9-13(10-16-18(15)24-8-7-23-16)5-6-21-17(22)11-12-1-3-14(20)4-2-12/h1-4,9-10H,5-8,11,20H2,(H,21,22). The van der Waals surface area contributed by atoms with E-state index < -0.39 is 0 Å². The second-order valence-electron chi connectivity index (χ2n) is 5.62. The Labute approximate surface area is 145 Å². The van der Waals surface area contributed by atoms with Gasteiger partial charge in [-0.15, -0.1) is 0 Å². The molecule has 2 aromatic rings. The lowest BCUT2D eigenvalue weighted by Crippen LogP contribution is -2.27. The van der Waals surface area contributed by atoms with Gasteiger partial charge in [0.1, 0.15) is 13.2 Å². The van der Waals surface area contributed by atoms with Crippen LogP contribution in [0.15, 0.2) is 36.4 Å². The summed E-state index contributed by atoms with van der Waals surface area (Å²) in [4.78, 5) is 12.0. The molecule has 0 aliphatic carbocycles. The van der Waals surface area contributed by atoms with Crippen LogP contribution in [0.5, 0.6) is 11.5 Å². The molecule has 0 aromatic heterocycles. The fraction of sp³-hybridized carbons (Fsp3) is 0.278. The zero-order valence-corrected chi connectivity index (χ0v) is 13.9. The van der Waals surface area contributed by atoms with Gasteiger partial charge in [-0.05, 0) is 41.8 Å². The third kappa shape index (κ3) is 4.11. The number of rotatable bonds is 5. The first-order valence-corrected chi connectivity index (χ1v) is 8.19. The molecule has 1 amide bonds. The Morgan fingerprint density at radius 3 is 2.67 bits per heavy atom. The van der Waals surface area contributed by atoms with Gasteiger partial charge in [0.2, 0.25) is 5.91 Å². The highest BCUT2D eigenvalue weighted by Gasteiger charge is 2.16. The molecule has 1 aliphatic heterocycles. The second kappa shape index (κ2) is 7.45. The van der Waals surface area contributed by atoms with Crippen LogP contribution in [-0.4, -0.2) is 25.7 Å². The van der Waals surface area contributed by atoms with Crippen molar-refractivity contribution < 1.29 is 14.3 Å².